The van der Waals surface area contributed by atoms with Gasteiger partial charge in [0, 0.05) is 37.3 Å². The van der Waals surface area contributed by atoms with Crippen LogP contribution in [-0.4, -0.2) is 21.7 Å². The molecular weight excluding hydrogens is 459 g/mol. The zero-order chi connectivity index (χ0) is 25.2. The van der Waals surface area contributed by atoms with E-state index in [9.17, 15) is 22.8 Å². The molecule has 6 nitrogen and oxygen atoms in total. The number of anilines is 1. The van der Waals surface area contributed by atoms with E-state index >= 15 is 0 Å². The Bertz CT molecular complexity index is 1270. The summed E-state index contributed by atoms with van der Waals surface area (Å²) < 4.78 is 47.0. The number of nitrogens with one attached hydrogen (secondary N) is 1. The molecule has 1 aromatic heterocycles. The maximum absolute atomic E-state index is 14.1. The van der Waals surface area contributed by atoms with Crippen LogP contribution in [0.25, 0.3) is 0 Å². The number of hydrogen-bond donors (Lipinski definition) is 1. The lowest BCUT2D eigenvalue weighted by atomic mass is 9.98. The van der Waals surface area contributed by atoms with E-state index in [1.807, 2.05) is 0 Å². The predicted octanol–water partition coefficient (Wildman–Crippen LogP) is 5.53. The Morgan fingerprint density at radius 1 is 1.09 bits per heavy atom. The van der Waals surface area contributed by atoms with Crippen LogP contribution in [0.1, 0.15) is 42.0 Å². The van der Waals surface area contributed by atoms with Crippen molar-refractivity contribution in [1.82, 2.24) is 9.97 Å². The molecule has 1 aliphatic rings. The SMILES string of the molecule is Cc1cc(CC(=O)Cc2cc(C(C)(F)F)ccc2F)ccc1Oc1cc(NC(=O)C2CC2)ncn1. The van der Waals surface area contributed by atoms with E-state index in [-0.39, 0.29) is 47.5 Å². The van der Waals surface area contributed by atoms with Gasteiger partial charge in [0.25, 0.3) is 5.92 Å². The van der Waals surface area contributed by atoms with E-state index < -0.39 is 11.7 Å². The molecule has 1 N–H and O–H groups in total. The van der Waals surface area contributed by atoms with E-state index in [1.165, 1.54) is 12.4 Å². The fourth-order valence-electron chi connectivity index (χ4n) is 3.57. The summed E-state index contributed by atoms with van der Waals surface area (Å²) in [6.07, 6.45) is 2.78. The van der Waals surface area contributed by atoms with Crippen LogP contribution in [0.4, 0.5) is 19.0 Å². The van der Waals surface area contributed by atoms with Crippen LogP contribution in [-0.2, 0) is 28.4 Å². The van der Waals surface area contributed by atoms with Crippen molar-refractivity contribution in [3.8, 4) is 11.6 Å². The predicted molar refractivity (Wildman–Crippen MR) is 123 cm³/mol. The Morgan fingerprint density at radius 3 is 2.54 bits per heavy atom. The standard InChI is InChI=1S/C26H24F3N3O3/c1-15-9-16(10-20(33)12-18-11-19(26(2,28)29)6-7-21(18)27)3-8-22(15)35-24-13-23(30-14-31-24)32-25(34)17-4-5-17/h3,6-9,11,13-14,17H,4-5,10,12H2,1-2H3,(H,30,31,32,34). The Kier molecular flexibility index (Phi) is 6.86. The van der Waals surface area contributed by atoms with Gasteiger partial charge in [-0.25, -0.2) is 23.1 Å². The number of carbonyl (C=O) groups is 2. The Balaban J connectivity index is 1.40. The highest BCUT2D eigenvalue weighted by molar-refractivity contribution is 5.93. The van der Waals surface area contributed by atoms with Crippen LogP contribution in [0, 0.1) is 18.7 Å². The molecule has 182 valence electrons. The van der Waals surface area contributed by atoms with Crippen LogP contribution in [0.2, 0.25) is 0 Å². The van der Waals surface area contributed by atoms with Crippen molar-refractivity contribution in [3.63, 3.8) is 0 Å². The van der Waals surface area contributed by atoms with E-state index in [0.29, 0.717) is 17.1 Å². The number of alkyl halides is 2. The summed E-state index contributed by atoms with van der Waals surface area (Å²) in [5, 5.41) is 2.74. The monoisotopic (exact) mass is 483 g/mol. The number of ketones is 1. The summed E-state index contributed by atoms with van der Waals surface area (Å²) in [6, 6.07) is 9.69. The second-order valence-electron chi connectivity index (χ2n) is 8.79. The number of hydrogen-bond acceptors (Lipinski definition) is 5. The van der Waals surface area contributed by atoms with Crippen molar-refractivity contribution in [2.75, 3.05) is 5.32 Å². The van der Waals surface area contributed by atoms with Gasteiger partial charge in [0.1, 0.15) is 29.5 Å². The maximum atomic E-state index is 14.1. The highest BCUT2D eigenvalue weighted by Gasteiger charge is 2.30. The number of rotatable bonds is 9. The molecule has 2 aromatic carbocycles. The molecule has 4 rings (SSSR count). The summed E-state index contributed by atoms with van der Waals surface area (Å²) in [5.74, 6) is -3.04. The fourth-order valence-corrected chi connectivity index (χ4v) is 3.57. The molecule has 0 spiro atoms. The van der Waals surface area contributed by atoms with Gasteiger partial charge in [-0.3, -0.25) is 9.59 Å². The van der Waals surface area contributed by atoms with Crippen LogP contribution in [0.15, 0.2) is 48.8 Å². The molecule has 3 aromatic rings. The molecule has 0 radical (unpaired) electrons. The molecule has 35 heavy (non-hydrogen) atoms. The van der Waals surface area contributed by atoms with Crippen molar-refractivity contribution in [2.24, 2.45) is 5.92 Å². The highest BCUT2D eigenvalue weighted by Crippen LogP contribution is 2.31. The van der Waals surface area contributed by atoms with Gasteiger partial charge in [-0.15, -0.1) is 0 Å². The van der Waals surface area contributed by atoms with Gasteiger partial charge >= 0.3 is 0 Å². The zero-order valence-corrected chi connectivity index (χ0v) is 19.3. The minimum absolute atomic E-state index is 0.0121. The van der Waals surface area contributed by atoms with E-state index in [1.54, 1.807) is 25.1 Å². The molecule has 1 saturated carbocycles. The third kappa shape index (κ3) is 6.44. The Hall–Kier alpha value is -3.75. The second kappa shape index (κ2) is 9.85. The quantitative estimate of drug-likeness (QED) is 0.433. The van der Waals surface area contributed by atoms with Gasteiger partial charge in [-0.2, -0.15) is 0 Å². The van der Waals surface area contributed by atoms with Gasteiger partial charge < -0.3 is 10.1 Å². The molecule has 1 amide bonds. The number of aromatic nitrogens is 2. The number of aryl methyl sites for hydroxylation is 1. The van der Waals surface area contributed by atoms with Crippen molar-refractivity contribution in [3.05, 3.63) is 76.9 Å². The fraction of sp³-hybridized carbons (Fsp3) is 0.308. The van der Waals surface area contributed by atoms with Gasteiger partial charge in [-0.05, 0) is 54.7 Å². The van der Waals surface area contributed by atoms with Crippen molar-refractivity contribution >= 4 is 17.5 Å². The molecule has 0 bridgehead atoms. The number of ether oxygens (including phenoxy) is 1. The first kappa shape index (κ1) is 24.4. The van der Waals surface area contributed by atoms with Crippen LogP contribution < -0.4 is 10.1 Å². The van der Waals surface area contributed by atoms with Crippen molar-refractivity contribution < 1.29 is 27.5 Å². The largest absolute Gasteiger partial charge is 0.439 e. The van der Waals surface area contributed by atoms with Crippen LogP contribution >= 0.6 is 0 Å². The summed E-state index contributed by atoms with van der Waals surface area (Å²) in [4.78, 5) is 32.5. The third-order valence-corrected chi connectivity index (χ3v) is 5.64. The second-order valence-corrected chi connectivity index (χ2v) is 8.79. The number of nitrogens with zero attached hydrogens (tertiary/aromatic N) is 2. The summed E-state index contributed by atoms with van der Waals surface area (Å²) in [6.45, 7) is 2.53. The Morgan fingerprint density at radius 2 is 1.86 bits per heavy atom. The van der Waals surface area contributed by atoms with Crippen LogP contribution in [0.3, 0.4) is 0 Å². The van der Waals surface area contributed by atoms with Gasteiger partial charge in [0.2, 0.25) is 11.8 Å². The third-order valence-electron chi connectivity index (χ3n) is 5.64. The minimum atomic E-state index is -3.12. The number of amides is 1. The van der Waals surface area contributed by atoms with Crippen molar-refractivity contribution in [1.29, 1.82) is 0 Å². The topological polar surface area (TPSA) is 81.2 Å². The van der Waals surface area contributed by atoms with Gasteiger partial charge in [-0.1, -0.05) is 18.2 Å². The number of carbonyl (C=O) groups excluding carboxylic acids is 2. The molecule has 0 saturated heterocycles. The molecule has 1 heterocycles. The van der Waals surface area contributed by atoms with Crippen molar-refractivity contribution in [2.45, 2.75) is 45.5 Å². The molecule has 1 aliphatic carbocycles. The first-order chi connectivity index (χ1) is 16.6. The maximum Gasteiger partial charge on any atom is 0.270 e. The molecule has 9 heteroatoms. The number of benzene rings is 2. The van der Waals surface area contributed by atoms with Gasteiger partial charge in [0.05, 0.1) is 0 Å². The number of halogens is 3. The summed E-state index contributed by atoms with van der Waals surface area (Å²) in [5.41, 5.74) is 1.02. The summed E-state index contributed by atoms with van der Waals surface area (Å²) in [7, 11) is 0. The lowest BCUT2D eigenvalue weighted by Gasteiger charge is -2.13. The van der Waals surface area contributed by atoms with Crippen LogP contribution in [0.5, 0.6) is 11.6 Å². The first-order valence-electron chi connectivity index (χ1n) is 11.2. The first-order valence-corrected chi connectivity index (χ1v) is 11.2. The minimum Gasteiger partial charge on any atom is -0.439 e. The van der Waals surface area contributed by atoms with Gasteiger partial charge in [0.15, 0.2) is 0 Å². The van der Waals surface area contributed by atoms with E-state index in [2.05, 4.69) is 15.3 Å². The normalized spacial score (nSPS) is 13.4. The van der Waals surface area contributed by atoms with E-state index in [0.717, 1.165) is 43.5 Å². The lowest BCUT2D eigenvalue weighted by Crippen LogP contribution is -2.14. The summed E-state index contributed by atoms with van der Waals surface area (Å²) >= 11 is 0. The Labute approximate surface area is 200 Å². The molecule has 0 atom stereocenters. The zero-order valence-electron chi connectivity index (χ0n) is 19.3. The molecular formula is C26H24F3N3O3. The van der Waals surface area contributed by atoms with E-state index in [4.69, 9.17) is 4.74 Å². The molecule has 1 fully saturated rings. The average molecular weight is 483 g/mol. The molecule has 0 aliphatic heterocycles. The highest BCUT2D eigenvalue weighted by atomic mass is 19.3. The number of Topliss-reactive ketones (excluding diaryl/α,β-unsaturated/α-hetero) is 1. The molecule has 0 unspecified atom stereocenters. The smallest absolute Gasteiger partial charge is 0.270 e. The average Bonchev–Trinajstić information content (AvgIpc) is 3.62. The lowest BCUT2D eigenvalue weighted by molar-refractivity contribution is -0.118.